The zero-order valence-corrected chi connectivity index (χ0v) is 9.73. The Balaban J connectivity index is 2.35. The second-order valence-corrected chi connectivity index (χ2v) is 5.02. The largest absolute Gasteiger partial charge is 0.328 e. The van der Waals surface area contributed by atoms with Crippen LogP contribution in [0, 0.1) is 0 Å². The van der Waals surface area contributed by atoms with E-state index in [0.29, 0.717) is 5.82 Å². The van der Waals surface area contributed by atoms with E-state index in [2.05, 4.69) is 14.8 Å². The maximum Gasteiger partial charge on any atom is 0.264 e. The van der Waals surface area contributed by atoms with Crippen LogP contribution in [-0.4, -0.2) is 23.2 Å². The first-order valence-electron chi connectivity index (χ1n) is 4.68. The number of hydrogen-bond donors (Lipinski definition) is 2. The average Bonchev–Trinajstić information content (AvgIpc) is 2.64. The summed E-state index contributed by atoms with van der Waals surface area (Å²) in [6.07, 6.45) is 2.62. The fourth-order valence-electron chi connectivity index (χ4n) is 1.23. The van der Waals surface area contributed by atoms with Gasteiger partial charge in [-0.05, 0) is 6.07 Å². The Kier molecular flexibility index (Phi) is 2.72. The van der Waals surface area contributed by atoms with Crippen molar-refractivity contribution < 1.29 is 8.42 Å². The van der Waals surface area contributed by atoms with Crippen molar-refractivity contribution >= 4 is 15.8 Å². The third kappa shape index (κ3) is 2.36. The normalized spacial score (nSPS) is 11.4. The highest BCUT2D eigenvalue weighted by atomic mass is 32.2. The number of nitrogens with zero attached hydrogens (tertiary/aromatic N) is 2. The zero-order valence-electron chi connectivity index (χ0n) is 8.91. The molecule has 90 valence electrons. The summed E-state index contributed by atoms with van der Waals surface area (Å²) in [5, 5.41) is 3.84. The maximum atomic E-state index is 11.9. The fraction of sp³-hybridized carbons (Fsp3) is 0.111. The highest BCUT2D eigenvalue weighted by molar-refractivity contribution is 7.92. The number of aromatic nitrogens is 3. The van der Waals surface area contributed by atoms with Crippen LogP contribution in [0.15, 0.2) is 40.3 Å². The fourth-order valence-corrected chi connectivity index (χ4v) is 2.29. The van der Waals surface area contributed by atoms with Gasteiger partial charge in [-0.2, -0.15) is 5.10 Å². The first-order valence-corrected chi connectivity index (χ1v) is 6.17. The number of rotatable bonds is 3. The number of nitrogens with one attached hydrogen (secondary N) is 2. The van der Waals surface area contributed by atoms with E-state index in [-0.39, 0.29) is 10.5 Å². The van der Waals surface area contributed by atoms with Gasteiger partial charge in [0.05, 0.1) is 6.20 Å². The van der Waals surface area contributed by atoms with Crippen LogP contribution in [0.5, 0.6) is 0 Å². The predicted octanol–water partition coefficient (Wildman–Crippen LogP) is -0.0908. The quantitative estimate of drug-likeness (QED) is 0.799. The minimum absolute atomic E-state index is 0.0155. The molecule has 0 bridgehead atoms. The number of anilines is 1. The van der Waals surface area contributed by atoms with Crippen LogP contribution in [0.4, 0.5) is 5.82 Å². The average molecular weight is 254 g/mol. The van der Waals surface area contributed by atoms with Crippen LogP contribution in [0.2, 0.25) is 0 Å². The van der Waals surface area contributed by atoms with Crippen LogP contribution in [0.3, 0.4) is 0 Å². The molecule has 2 rings (SSSR count). The molecule has 0 fully saturated rings. The summed E-state index contributed by atoms with van der Waals surface area (Å²) >= 11 is 0. The molecule has 2 N–H and O–H groups in total. The lowest BCUT2D eigenvalue weighted by molar-refractivity contribution is 0.599. The first-order chi connectivity index (χ1) is 7.99. The molecule has 7 nitrogen and oxygen atoms in total. The van der Waals surface area contributed by atoms with E-state index in [1.807, 2.05) is 0 Å². The highest BCUT2D eigenvalue weighted by Gasteiger charge is 2.15. The number of H-pyrrole nitrogens is 1. The van der Waals surface area contributed by atoms with Crippen molar-refractivity contribution in [3.8, 4) is 0 Å². The molecule has 0 aliphatic rings. The van der Waals surface area contributed by atoms with Gasteiger partial charge in [-0.1, -0.05) is 0 Å². The van der Waals surface area contributed by atoms with Crippen molar-refractivity contribution in [3.05, 3.63) is 40.9 Å². The van der Waals surface area contributed by atoms with Crippen molar-refractivity contribution in [2.24, 2.45) is 7.05 Å². The van der Waals surface area contributed by atoms with Crippen molar-refractivity contribution in [3.63, 3.8) is 0 Å². The van der Waals surface area contributed by atoms with Crippen molar-refractivity contribution in [1.29, 1.82) is 0 Å². The number of aromatic amines is 1. The summed E-state index contributed by atoms with van der Waals surface area (Å²) < 4.78 is 27.5. The minimum Gasteiger partial charge on any atom is -0.328 e. The zero-order chi connectivity index (χ0) is 12.5. The number of pyridine rings is 1. The van der Waals surface area contributed by atoms with Crippen LogP contribution in [0.25, 0.3) is 0 Å². The first kappa shape index (κ1) is 11.4. The molecule has 0 saturated heterocycles. The summed E-state index contributed by atoms with van der Waals surface area (Å²) in [5.74, 6) is 0.344. The van der Waals surface area contributed by atoms with Gasteiger partial charge < -0.3 is 4.98 Å². The van der Waals surface area contributed by atoms with Crippen LogP contribution in [-0.2, 0) is 17.1 Å². The van der Waals surface area contributed by atoms with Gasteiger partial charge in [0.25, 0.3) is 10.0 Å². The lowest BCUT2D eigenvalue weighted by Crippen LogP contribution is -2.17. The standard InChI is InChI=1S/C9H10N4O3S/c1-13-8(4-5-11-13)12-17(15,16)7-2-3-9(14)10-6-7/h2-6,12H,1H3,(H,10,14). The molecule has 0 spiro atoms. The van der Waals surface area contributed by atoms with E-state index < -0.39 is 10.0 Å². The molecule has 0 aliphatic heterocycles. The summed E-state index contributed by atoms with van der Waals surface area (Å²) in [4.78, 5) is 13.1. The Morgan fingerprint density at radius 1 is 1.35 bits per heavy atom. The van der Waals surface area contributed by atoms with Gasteiger partial charge in [-0.15, -0.1) is 0 Å². The van der Waals surface area contributed by atoms with Gasteiger partial charge in [-0.3, -0.25) is 14.2 Å². The second-order valence-electron chi connectivity index (χ2n) is 3.33. The molecule has 2 aromatic heterocycles. The van der Waals surface area contributed by atoms with E-state index in [1.165, 1.54) is 23.0 Å². The molecule has 0 atom stereocenters. The summed E-state index contributed by atoms with van der Waals surface area (Å²) in [6.45, 7) is 0. The molecule has 8 heteroatoms. The molecular weight excluding hydrogens is 244 g/mol. The highest BCUT2D eigenvalue weighted by Crippen LogP contribution is 2.12. The van der Waals surface area contributed by atoms with Crippen molar-refractivity contribution in [1.82, 2.24) is 14.8 Å². The number of sulfonamides is 1. The SMILES string of the molecule is Cn1nccc1NS(=O)(=O)c1ccc(=O)[nH]c1. The lowest BCUT2D eigenvalue weighted by atomic mass is 10.5. The Bertz CT molecular complexity index is 666. The summed E-state index contributed by atoms with van der Waals surface area (Å²) in [6, 6.07) is 3.92. The molecule has 0 saturated carbocycles. The van der Waals surface area contributed by atoms with Gasteiger partial charge in [0, 0.05) is 25.4 Å². The van der Waals surface area contributed by atoms with Crippen LogP contribution in [0.1, 0.15) is 0 Å². The van der Waals surface area contributed by atoms with E-state index >= 15 is 0 Å². The molecule has 0 unspecified atom stereocenters. The monoisotopic (exact) mass is 254 g/mol. The third-order valence-electron chi connectivity index (χ3n) is 2.13. The second kappa shape index (κ2) is 4.06. The lowest BCUT2D eigenvalue weighted by Gasteiger charge is -2.07. The molecule has 0 radical (unpaired) electrons. The molecule has 2 aromatic rings. The Morgan fingerprint density at radius 2 is 2.12 bits per heavy atom. The van der Waals surface area contributed by atoms with Gasteiger partial charge in [0.2, 0.25) is 5.56 Å². The minimum atomic E-state index is -3.70. The van der Waals surface area contributed by atoms with E-state index in [0.717, 1.165) is 12.3 Å². The van der Waals surface area contributed by atoms with E-state index in [9.17, 15) is 13.2 Å². The smallest absolute Gasteiger partial charge is 0.264 e. The number of aryl methyl sites for hydroxylation is 1. The molecular formula is C9H10N4O3S. The van der Waals surface area contributed by atoms with Crippen LogP contribution >= 0.6 is 0 Å². The summed E-state index contributed by atoms with van der Waals surface area (Å²) in [5.41, 5.74) is -0.357. The van der Waals surface area contributed by atoms with Crippen LogP contribution < -0.4 is 10.3 Å². The van der Waals surface area contributed by atoms with E-state index in [4.69, 9.17) is 0 Å². The molecule has 2 heterocycles. The van der Waals surface area contributed by atoms with Gasteiger partial charge in [0.1, 0.15) is 10.7 Å². The van der Waals surface area contributed by atoms with Crippen molar-refractivity contribution in [2.75, 3.05) is 4.72 Å². The predicted molar refractivity (Wildman–Crippen MR) is 61.1 cm³/mol. The molecule has 0 amide bonds. The van der Waals surface area contributed by atoms with E-state index in [1.54, 1.807) is 7.05 Å². The summed E-state index contributed by atoms with van der Waals surface area (Å²) in [7, 11) is -2.09. The van der Waals surface area contributed by atoms with Gasteiger partial charge in [-0.25, -0.2) is 8.42 Å². The Morgan fingerprint density at radius 3 is 2.65 bits per heavy atom. The molecule has 17 heavy (non-hydrogen) atoms. The topological polar surface area (TPSA) is 96.8 Å². The van der Waals surface area contributed by atoms with Gasteiger partial charge >= 0.3 is 0 Å². The molecule has 0 aliphatic carbocycles. The molecule has 0 aromatic carbocycles. The third-order valence-corrected chi connectivity index (χ3v) is 3.48. The number of hydrogen-bond acceptors (Lipinski definition) is 4. The van der Waals surface area contributed by atoms with Gasteiger partial charge in [0.15, 0.2) is 0 Å². The van der Waals surface area contributed by atoms with Crippen molar-refractivity contribution in [2.45, 2.75) is 4.90 Å². The Hall–Kier alpha value is -2.09. The Labute approximate surface area is 97.2 Å². The maximum absolute atomic E-state index is 11.9.